The molecule has 12 nitrogen and oxygen atoms in total. The summed E-state index contributed by atoms with van der Waals surface area (Å²) in [4.78, 5) is 29.1. The van der Waals surface area contributed by atoms with Gasteiger partial charge >= 0.3 is 6.09 Å². The van der Waals surface area contributed by atoms with Crippen LogP contribution < -0.4 is 4.90 Å². The van der Waals surface area contributed by atoms with E-state index in [1.54, 1.807) is 11.1 Å². The second-order valence-corrected chi connectivity index (χ2v) is 14.9. The van der Waals surface area contributed by atoms with Crippen LogP contribution >= 0.6 is 0 Å². The molecule has 0 bridgehead atoms. The van der Waals surface area contributed by atoms with E-state index in [4.69, 9.17) is 16.0 Å². The zero-order chi connectivity index (χ0) is 30.7. The first-order valence-corrected chi connectivity index (χ1v) is 16.5. The largest absolute Gasteiger partial charge is 0.444 e. The van der Waals surface area contributed by atoms with E-state index in [2.05, 4.69) is 19.9 Å². The number of anilines is 1. The van der Waals surface area contributed by atoms with Gasteiger partial charge in [0.05, 0.1) is 24.0 Å². The van der Waals surface area contributed by atoms with Gasteiger partial charge in [0.25, 0.3) is 5.69 Å². The molecule has 3 saturated heterocycles. The molecule has 3 aliphatic rings. The third-order valence-corrected chi connectivity index (χ3v) is 9.23. The highest BCUT2D eigenvalue weighted by Crippen LogP contribution is 2.47. The predicted molar refractivity (Wildman–Crippen MR) is 161 cm³/mol. The van der Waals surface area contributed by atoms with Crippen LogP contribution in [0.1, 0.15) is 58.2 Å². The van der Waals surface area contributed by atoms with Gasteiger partial charge in [-0.3, -0.25) is 0 Å². The molecule has 3 aliphatic heterocycles. The number of carbonyl (C=O) groups excluding carboxylic acids is 1. The average Bonchev–Trinajstić information content (AvgIpc) is 3.56. The van der Waals surface area contributed by atoms with Crippen molar-refractivity contribution in [2.45, 2.75) is 70.4 Å². The SMILES string of the molecule is [C-]#[N+]c1c(-c2c(C)ccc3c2cnn3C2CCCCO2)nc(S(C)(=O)=O)nc1N1CCC2(CN(C(=O)OC(C)(C)C)C2)C1. The van der Waals surface area contributed by atoms with Gasteiger partial charge < -0.3 is 19.3 Å². The maximum absolute atomic E-state index is 12.9. The van der Waals surface area contributed by atoms with Crippen LogP contribution in [-0.4, -0.2) is 83.8 Å². The lowest BCUT2D eigenvalue weighted by Crippen LogP contribution is -2.60. The van der Waals surface area contributed by atoms with Crippen molar-refractivity contribution in [3.63, 3.8) is 0 Å². The van der Waals surface area contributed by atoms with Gasteiger partial charge in [-0.15, -0.1) is 0 Å². The molecule has 1 spiro atoms. The average molecular weight is 608 g/mol. The van der Waals surface area contributed by atoms with Crippen molar-refractivity contribution < 1.29 is 22.7 Å². The highest BCUT2D eigenvalue weighted by atomic mass is 32.2. The Morgan fingerprint density at radius 2 is 1.95 bits per heavy atom. The Hall–Kier alpha value is -3.76. The van der Waals surface area contributed by atoms with E-state index in [0.717, 1.165) is 48.4 Å². The molecule has 1 aromatic carbocycles. The lowest BCUT2D eigenvalue weighted by molar-refractivity contribution is -0.0366. The first-order valence-electron chi connectivity index (χ1n) is 14.6. The van der Waals surface area contributed by atoms with Gasteiger partial charge in [0.1, 0.15) is 11.4 Å². The van der Waals surface area contributed by atoms with Crippen molar-refractivity contribution in [2.75, 3.05) is 43.9 Å². The van der Waals surface area contributed by atoms with Crippen molar-refractivity contribution in [1.82, 2.24) is 24.6 Å². The zero-order valence-corrected chi connectivity index (χ0v) is 26.1. The van der Waals surface area contributed by atoms with E-state index < -0.39 is 15.4 Å². The van der Waals surface area contributed by atoms with Gasteiger partial charge in [-0.1, -0.05) is 6.07 Å². The first-order chi connectivity index (χ1) is 20.3. The molecule has 0 radical (unpaired) electrons. The number of sulfone groups is 1. The van der Waals surface area contributed by atoms with E-state index in [0.29, 0.717) is 44.2 Å². The Morgan fingerprint density at radius 1 is 1.19 bits per heavy atom. The van der Waals surface area contributed by atoms with Gasteiger partial charge in [-0.2, -0.15) is 5.10 Å². The minimum atomic E-state index is -3.81. The van der Waals surface area contributed by atoms with Crippen LogP contribution in [0.15, 0.2) is 23.5 Å². The summed E-state index contributed by atoms with van der Waals surface area (Å²) in [6.45, 7) is 18.5. The molecule has 1 unspecified atom stereocenters. The molecule has 2 aromatic heterocycles. The molecule has 0 saturated carbocycles. The van der Waals surface area contributed by atoms with Gasteiger partial charge in [0, 0.05) is 55.4 Å². The number of aryl methyl sites for hydroxylation is 1. The van der Waals surface area contributed by atoms with Crippen LogP contribution in [0, 0.1) is 18.9 Å². The Balaban J connectivity index is 1.40. The van der Waals surface area contributed by atoms with Crippen LogP contribution in [0.2, 0.25) is 0 Å². The lowest BCUT2D eigenvalue weighted by Gasteiger charge is -2.47. The molecular formula is C30H37N7O5S. The summed E-state index contributed by atoms with van der Waals surface area (Å²) in [5.74, 6) is 0.299. The molecule has 0 aliphatic carbocycles. The number of nitrogens with zero attached hydrogens (tertiary/aromatic N) is 7. The smallest absolute Gasteiger partial charge is 0.410 e. The summed E-state index contributed by atoms with van der Waals surface area (Å²) in [5.41, 5.74) is 2.06. The minimum Gasteiger partial charge on any atom is -0.444 e. The monoisotopic (exact) mass is 607 g/mol. The topological polar surface area (TPSA) is 124 Å². The molecule has 13 heteroatoms. The Bertz CT molecular complexity index is 1740. The van der Waals surface area contributed by atoms with Crippen molar-refractivity contribution in [3.8, 4) is 11.3 Å². The molecule has 5 heterocycles. The van der Waals surface area contributed by atoms with Gasteiger partial charge in [-0.25, -0.2) is 32.7 Å². The number of aromatic nitrogens is 4. The second-order valence-electron chi connectivity index (χ2n) is 13.0. The molecule has 0 N–H and O–H groups in total. The fourth-order valence-corrected chi connectivity index (χ4v) is 6.88. The summed E-state index contributed by atoms with van der Waals surface area (Å²) in [6.07, 6.45) is 5.99. The van der Waals surface area contributed by atoms with Crippen molar-refractivity contribution >= 4 is 38.3 Å². The minimum absolute atomic E-state index is 0.177. The Kier molecular flexibility index (Phi) is 7.12. The zero-order valence-electron chi connectivity index (χ0n) is 25.3. The molecule has 43 heavy (non-hydrogen) atoms. The third kappa shape index (κ3) is 5.42. The van der Waals surface area contributed by atoms with Crippen LogP contribution in [0.3, 0.4) is 0 Å². The molecule has 6 rings (SSSR count). The fraction of sp³-hybridized carbons (Fsp3) is 0.567. The summed E-state index contributed by atoms with van der Waals surface area (Å²) >= 11 is 0. The molecule has 1 atom stereocenters. The van der Waals surface area contributed by atoms with E-state index >= 15 is 0 Å². The molecule has 3 fully saturated rings. The normalized spacial score (nSPS) is 20.3. The summed E-state index contributed by atoms with van der Waals surface area (Å²) < 4.78 is 39.1. The quantitative estimate of drug-likeness (QED) is 0.301. The fourth-order valence-electron chi connectivity index (χ4n) is 6.37. The number of carbonyl (C=O) groups is 1. The second kappa shape index (κ2) is 10.4. The summed E-state index contributed by atoms with van der Waals surface area (Å²) in [5, 5.41) is 5.10. The van der Waals surface area contributed by atoms with Gasteiger partial charge in [0.15, 0.2) is 6.23 Å². The number of hydrogen-bond donors (Lipinski definition) is 0. The number of likely N-dealkylation sites (tertiary alicyclic amines) is 1. The Labute approximate surface area is 251 Å². The number of ether oxygens (including phenoxy) is 2. The number of hydrogen-bond acceptors (Lipinski definition) is 9. The van der Waals surface area contributed by atoms with Crippen LogP contribution in [0.25, 0.3) is 27.0 Å². The maximum atomic E-state index is 12.9. The van der Waals surface area contributed by atoms with Crippen molar-refractivity contribution in [3.05, 3.63) is 35.3 Å². The highest BCUT2D eigenvalue weighted by Gasteiger charge is 2.51. The van der Waals surface area contributed by atoms with Gasteiger partial charge in [0.2, 0.25) is 15.0 Å². The van der Waals surface area contributed by atoms with E-state index in [-0.39, 0.29) is 34.3 Å². The first kappa shape index (κ1) is 29.3. The maximum Gasteiger partial charge on any atom is 0.410 e. The molecule has 3 aromatic rings. The van der Waals surface area contributed by atoms with E-state index in [1.165, 1.54) is 0 Å². The van der Waals surface area contributed by atoms with E-state index in [9.17, 15) is 13.2 Å². The van der Waals surface area contributed by atoms with Crippen molar-refractivity contribution in [1.29, 1.82) is 0 Å². The Morgan fingerprint density at radius 3 is 2.60 bits per heavy atom. The molecule has 228 valence electrons. The van der Waals surface area contributed by atoms with Crippen LogP contribution in [-0.2, 0) is 19.3 Å². The lowest BCUT2D eigenvalue weighted by atomic mass is 9.79. The van der Waals surface area contributed by atoms with Crippen molar-refractivity contribution in [2.24, 2.45) is 5.41 Å². The number of benzene rings is 1. The summed E-state index contributed by atoms with van der Waals surface area (Å²) in [6, 6.07) is 3.92. The number of fused-ring (bicyclic) bond motifs is 1. The predicted octanol–water partition coefficient (Wildman–Crippen LogP) is 4.90. The third-order valence-electron chi connectivity index (χ3n) is 8.38. The molecular weight excluding hydrogens is 570 g/mol. The highest BCUT2D eigenvalue weighted by molar-refractivity contribution is 7.90. The summed E-state index contributed by atoms with van der Waals surface area (Å²) in [7, 11) is -3.81. The number of amides is 1. The number of rotatable bonds is 4. The standard InChI is InChI=1S/C30H37N7O5S/c1-19-10-11-21-20(15-32-37(21)22-9-7-8-14-41-22)23(19)24-25(31-5)26(34-27(33-24)43(6,39)40)35-13-12-30(16-35)17-36(18-30)28(38)42-29(2,3)4/h10-11,15,22H,7-9,12-14,16-18H2,1-4,6H3. The van der Waals surface area contributed by atoms with E-state index in [1.807, 2.05) is 49.4 Å². The van der Waals surface area contributed by atoms with Crippen LogP contribution in [0.4, 0.5) is 16.3 Å². The van der Waals surface area contributed by atoms with Crippen LogP contribution in [0.5, 0.6) is 0 Å². The van der Waals surface area contributed by atoms with Gasteiger partial charge in [-0.05, 0) is 65.0 Å². The molecule has 1 amide bonds.